The third-order valence-electron chi connectivity index (χ3n) is 3.24. The normalized spacial score (nSPS) is 12.8. The van der Waals surface area contributed by atoms with Gasteiger partial charge in [0.2, 0.25) is 0 Å². The standard InChI is InChI=1S/C14H22N4S/c1-5-7-16-13(12-8-15-9-18(12)4)14-17-11(6-2)10(3)19-14/h8-9,13,16H,5-7H2,1-4H3. The van der Waals surface area contributed by atoms with Crippen LogP contribution in [-0.2, 0) is 13.5 Å². The fraction of sp³-hybridized carbons (Fsp3) is 0.571. The van der Waals surface area contributed by atoms with Crippen LogP contribution in [0.25, 0.3) is 0 Å². The zero-order valence-corrected chi connectivity index (χ0v) is 12.9. The van der Waals surface area contributed by atoms with Crippen LogP contribution in [0.15, 0.2) is 12.5 Å². The summed E-state index contributed by atoms with van der Waals surface area (Å²) in [5.74, 6) is 0. The molecule has 5 heteroatoms. The number of nitrogens with one attached hydrogen (secondary N) is 1. The highest BCUT2D eigenvalue weighted by molar-refractivity contribution is 7.11. The Bertz CT molecular complexity index is 529. The van der Waals surface area contributed by atoms with E-state index in [1.54, 1.807) is 11.3 Å². The zero-order valence-electron chi connectivity index (χ0n) is 12.1. The first-order valence-electron chi connectivity index (χ1n) is 6.83. The summed E-state index contributed by atoms with van der Waals surface area (Å²) in [5.41, 5.74) is 2.38. The average Bonchev–Trinajstić information content (AvgIpc) is 2.97. The van der Waals surface area contributed by atoms with Crippen molar-refractivity contribution in [3.8, 4) is 0 Å². The van der Waals surface area contributed by atoms with Crippen LogP contribution in [0.2, 0.25) is 0 Å². The zero-order chi connectivity index (χ0) is 13.8. The van der Waals surface area contributed by atoms with E-state index in [2.05, 4.69) is 35.6 Å². The fourth-order valence-electron chi connectivity index (χ4n) is 2.15. The molecule has 0 saturated heterocycles. The van der Waals surface area contributed by atoms with Crippen LogP contribution in [0.1, 0.15) is 47.6 Å². The van der Waals surface area contributed by atoms with Crippen molar-refractivity contribution in [2.75, 3.05) is 6.54 Å². The van der Waals surface area contributed by atoms with E-state index in [1.165, 1.54) is 16.3 Å². The molecule has 0 fully saturated rings. The monoisotopic (exact) mass is 278 g/mol. The molecule has 0 saturated carbocycles. The molecule has 2 heterocycles. The first-order chi connectivity index (χ1) is 9.17. The minimum atomic E-state index is 0.149. The average molecular weight is 278 g/mol. The van der Waals surface area contributed by atoms with Gasteiger partial charge in [0.15, 0.2) is 0 Å². The molecule has 0 amide bonds. The van der Waals surface area contributed by atoms with Crippen LogP contribution in [-0.4, -0.2) is 21.1 Å². The molecule has 1 N–H and O–H groups in total. The van der Waals surface area contributed by atoms with E-state index >= 15 is 0 Å². The molecule has 4 nitrogen and oxygen atoms in total. The summed E-state index contributed by atoms with van der Waals surface area (Å²) >= 11 is 1.79. The Morgan fingerprint density at radius 1 is 1.42 bits per heavy atom. The van der Waals surface area contributed by atoms with Crippen molar-refractivity contribution in [3.63, 3.8) is 0 Å². The van der Waals surface area contributed by atoms with Gasteiger partial charge in [-0.05, 0) is 26.3 Å². The van der Waals surface area contributed by atoms with E-state index in [1.807, 2.05) is 19.6 Å². The molecule has 1 atom stereocenters. The third-order valence-corrected chi connectivity index (χ3v) is 4.32. The smallest absolute Gasteiger partial charge is 0.116 e. The lowest BCUT2D eigenvalue weighted by Gasteiger charge is -2.16. The maximum atomic E-state index is 4.79. The first-order valence-corrected chi connectivity index (χ1v) is 7.64. The maximum Gasteiger partial charge on any atom is 0.116 e. The largest absolute Gasteiger partial charge is 0.336 e. The second kappa shape index (κ2) is 6.30. The molecule has 0 spiro atoms. The number of hydrogen-bond donors (Lipinski definition) is 1. The van der Waals surface area contributed by atoms with Crippen molar-refractivity contribution < 1.29 is 0 Å². The van der Waals surface area contributed by atoms with Crippen molar-refractivity contribution in [1.29, 1.82) is 0 Å². The molecule has 0 bridgehead atoms. The molecule has 0 radical (unpaired) electrons. The third kappa shape index (κ3) is 3.04. The van der Waals surface area contributed by atoms with E-state index in [4.69, 9.17) is 4.98 Å². The van der Waals surface area contributed by atoms with Crippen molar-refractivity contribution >= 4 is 11.3 Å². The van der Waals surface area contributed by atoms with Crippen LogP contribution in [0, 0.1) is 6.92 Å². The van der Waals surface area contributed by atoms with Gasteiger partial charge in [-0.2, -0.15) is 0 Å². The van der Waals surface area contributed by atoms with Gasteiger partial charge in [0.05, 0.1) is 23.9 Å². The summed E-state index contributed by atoms with van der Waals surface area (Å²) in [6.07, 6.45) is 5.88. The predicted octanol–water partition coefficient (Wildman–Crippen LogP) is 2.84. The van der Waals surface area contributed by atoms with Gasteiger partial charge >= 0.3 is 0 Å². The summed E-state index contributed by atoms with van der Waals surface area (Å²) < 4.78 is 2.07. The van der Waals surface area contributed by atoms with Gasteiger partial charge in [0.25, 0.3) is 0 Å². The van der Waals surface area contributed by atoms with E-state index in [-0.39, 0.29) is 6.04 Å². The molecule has 1 unspecified atom stereocenters. The SMILES string of the molecule is CCCNC(c1nc(CC)c(C)s1)c1cncn1C. The van der Waals surface area contributed by atoms with E-state index in [0.717, 1.165) is 24.4 Å². The molecule has 0 aliphatic rings. The molecular weight excluding hydrogens is 256 g/mol. The van der Waals surface area contributed by atoms with Crippen molar-refractivity contribution in [2.24, 2.45) is 7.05 Å². The number of nitrogens with zero attached hydrogens (tertiary/aromatic N) is 3. The Kier molecular flexibility index (Phi) is 4.71. The Morgan fingerprint density at radius 3 is 2.74 bits per heavy atom. The number of thiazole rings is 1. The molecule has 0 aromatic carbocycles. The van der Waals surface area contributed by atoms with Crippen LogP contribution < -0.4 is 5.32 Å². The van der Waals surface area contributed by atoms with Crippen molar-refractivity contribution in [3.05, 3.63) is 33.8 Å². The molecule has 104 valence electrons. The Balaban J connectivity index is 2.34. The molecular formula is C14H22N4S. The van der Waals surface area contributed by atoms with Crippen molar-refractivity contribution in [2.45, 2.75) is 39.7 Å². The molecule has 19 heavy (non-hydrogen) atoms. The highest BCUT2D eigenvalue weighted by atomic mass is 32.1. The Morgan fingerprint density at radius 2 is 2.21 bits per heavy atom. The van der Waals surface area contributed by atoms with Gasteiger partial charge in [0.1, 0.15) is 11.0 Å². The Hall–Kier alpha value is -1.20. The van der Waals surface area contributed by atoms with Gasteiger partial charge in [-0.3, -0.25) is 0 Å². The lowest BCUT2D eigenvalue weighted by Crippen LogP contribution is -2.24. The van der Waals surface area contributed by atoms with Crippen LogP contribution >= 0.6 is 11.3 Å². The van der Waals surface area contributed by atoms with E-state index in [9.17, 15) is 0 Å². The maximum absolute atomic E-state index is 4.79. The summed E-state index contributed by atoms with van der Waals surface area (Å²) in [6.45, 7) is 7.47. The van der Waals surface area contributed by atoms with Crippen LogP contribution in [0.4, 0.5) is 0 Å². The summed E-state index contributed by atoms with van der Waals surface area (Å²) in [5, 5.41) is 4.73. The highest BCUT2D eigenvalue weighted by Gasteiger charge is 2.21. The van der Waals surface area contributed by atoms with E-state index in [0.29, 0.717) is 0 Å². The molecule has 0 aliphatic heterocycles. The number of aromatic nitrogens is 3. The van der Waals surface area contributed by atoms with Gasteiger partial charge in [-0.15, -0.1) is 11.3 Å². The summed E-state index contributed by atoms with van der Waals surface area (Å²) in [6, 6.07) is 0.149. The topological polar surface area (TPSA) is 42.7 Å². The van der Waals surface area contributed by atoms with Gasteiger partial charge in [-0.25, -0.2) is 9.97 Å². The molecule has 2 rings (SSSR count). The van der Waals surface area contributed by atoms with Gasteiger partial charge in [0, 0.05) is 11.9 Å². The van der Waals surface area contributed by atoms with Gasteiger partial charge in [-0.1, -0.05) is 13.8 Å². The number of imidazole rings is 1. The quantitative estimate of drug-likeness (QED) is 0.883. The summed E-state index contributed by atoms with van der Waals surface area (Å²) in [4.78, 5) is 10.3. The second-order valence-electron chi connectivity index (χ2n) is 4.73. The van der Waals surface area contributed by atoms with Crippen LogP contribution in [0.5, 0.6) is 0 Å². The predicted molar refractivity (Wildman–Crippen MR) is 79.6 cm³/mol. The van der Waals surface area contributed by atoms with Crippen LogP contribution in [0.3, 0.4) is 0 Å². The minimum absolute atomic E-state index is 0.149. The first kappa shape index (κ1) is 14.2. The minimum Gasteiger partial charge on any atom is -0.336 e. The highest BCUT2D eigenvalue weighted by Crippen LogP contribution is 2.28. The summed E-state index contributed by atoms with van der Waals surface area (Å²) in [7, 11) is 2.03. The molecule has 2 aromatic rings. The second-order valence-corrected chi connectivity index (χ2v) is 5.96. The molecule has 0 aliphatic carbocycles. The number of hydrogen-bond acceptors (Lipinski definition) is 4. The number of rotatable bonds is 6. The lowest BCUT2D eigenvalue weighted by atomic mass is 10.2. The van der Waals surface area contributed by atoms with Gasteiger partial charge < -0.3 is 9.88 Å². The molecule has 2 aromatic heterocycles. The van der Waals surface area contributed by atoms with Crippen molar-refractivity contribution in [1.82, 2.24) is 19.9 Å². The Labute approximate surface area is 118 Å². The lowest BCUT2D eigenvalue weighted by molar-refractivity contribution is 0.566. The fourth-order valence-corrected chi connectivity index (χ4v) is 3.25. The number of aryl methyl sites for hydroxylation is 3. The van der Waals surface area contributed by atoms with E-state index < -0.39 is 0 Å².